The van der Waals surface area contributed by atoms with Gasteiger partial charge in [0.15, 0.2) is 41.5 Å². The first-order valence-electron chi connectivity index (χ1n) is 11.1. The van der Waals surface area contributed by atoms with Gasteiger partial charge in [0.1, 0.15) is 6.61 Å². The Labute approximate surface area is 184 Å². The van der Waals surface area contributed by atoms with Crippen LogP contribution in [0.2, 0.25) is 0 Å². The number of pyridine rings is 1. The number of aryl methyl sites for hydroxylation is 2. The predicted molar refractivity (Wildman–Crippen MR) is 119 cm³/mol. The largest absolute Gasteiger partial charge is 0.493 e. The molecule has 160 valence electrons. The lowest BCUT2D eigenvalue weighted by atomic mass is 9.93. The highest BCUT2D eigenvalue weighted by atomic mass is 16.7. The molecule has 6 heteroatoms. The average Bonchev–Trinajstić information content (AvgIpc) is 3.57. The number of ketones is 1. The van der Waals surface area contributed by atoms with Crippen LogP contribution in [0.1, 0.15) is 18.4 Å². The molecule has 4 aromatic rings. The second-order valence-corrected chi connectivity index (χ2v) is 8.81. The fraction of sp³-hybridized carbons (Fsp3) is 0.308. The van der Waals surface area contributed by atoms with Gasteiger partial charge in [0.2, 0.25) is 12.3 Å². The Morgan fingerprint density at radius 1 is 1.09 bits per heavy atom. The standard InChI is InChI=1S/C26H22NO5/c1-29-21-7-6-16-17-4-5-18-23-15(10-22-25(18)32-13-31-22)8-9-27(24(17)23)11-19(16)26(21)30-12-20(28)14-2-3-14/h4-7,10-11,14H,2-3,8-9,12-13H2,1H3/q+1. The number of Topliss-reactive ketones (excluding diaryl/α,β-unsaturated/α-hetero) is 1. The summed E-state index contributed by atoms with van der Waals surface area (Å²) < 4.78 is 25.5. The van der Waals surface area contributed by atoms with Crippen molar-refractivity contribution in [3.05, 3.63) is 42.1 Å². The topological polar surface area (TPSA) is 57.9 Å². The quantitative estimate of drug-likeness (QED) is 0.354. The Kier molecular flexibility index (Phi) is 3.66. The minimum absolute atomic E-state index is 0.0868. The van der Waals surface area contributed by atoms with Crippen LogP contribution in [-0.4, -0.2) is 26.3 Å². The van der Waals surface area contributed by atoms with Crippen LogP contribution in [0.3, 0.4) is 0 Å². The summed E-state index contributed by atoms with van der Waals surface area (Å²) in [6.45, 7) is 1.21. The number of fused-ring (bicyclic) bond motifs is 4. The van der Waals surface area contributed by atoms with Crippen molar-refractivity contribution in [3.63, 3.8) is 0 Å². The van der Waals surface area contributed by atoms with E-state index in [1.165, 1.54) is 16.5 Å². The molecule has 2 aliphatic heterocycles. The zero-order valence-electron chi connectivity index (χ0n) is 17.8. The van der Waals surface area contributed by atoms with Gasteiger partial charge in [0, 0.05) is 23.1 Å². The molecule has 32 heavy (non-hydrogen) atoms. The molecule has 6 nitrogen and oxygen atoms in total. The minimum Gasteiger partial charge on any atom is -0.493 e. The first-order valence-corrected chi connectivity index (χ1v) is 11.1. The van der Waals surface area contributed by atoms with Crippen LogP contribution in [0.15, 0.2) is 36.5 Å². The van der Waals surface area contributed by atoms with Crippen LogP contribution < -0.4 is 23.5 Å². The number of nitrogens with zero attached hydrogens (tertiary/aromatic N) is 1. The lowest BCUT2D eigenvalue weighted by Gasteiger charge is -2.18. The SMILES string of the molecule is COc1ccc2c(c[n+]3c4c2ccc2c5c(cc(c24)CC3)OCO5)c1OCC(=O)C1CC1. The molecule has 0 radical (unpaired) electrons. The zero-order chi connectivity index (χ0) is 21.4. The molecule has 0 N–H and O–H groups in total. The summed E-state index contributed by atoms with van der Waals surface area (Å²) in [6.07, 6.45) is 5.01. The van der Waals surface area contributed by atoms with Gasteiger partial charge in [-0.3, -0.25) is 4.79 Å². The van der Waals surface area contributed by atoms with E-state index in [1.807, 2.05) is 6.07 Å². The molecule has 0 atom stereocenters. The number of aromatic nitrogens is 1. The molecule has 3 aromatic carbocycles. The van der Waals surface area contributed by atoms with Gasteiger partial charge < -0.3 is 18.9 Å². The second kappa shape index (κ2) is 6.48. The number of methoxy groups -OCH3 is 1. The molecule has 0 spiro atoms. The molecule has 0 saturated heterocycles. The summed E-state index contributed by atoms with van der Waals surface area (Å²) in [5.41, 5.74) is 2.48. The van der Waals surface area contributed by atoms with Crippen molar-refractivity contribution in [1.82, 2.24) is 0 Å². The number of carbonyl (C=O) groups excluding carboxylic acids is 1. The van der Waals surface area contributed by atoms with E-state index >= 15 is 0 Å². The van der Waals surface area contributed by atoms with Crippen LogP contribution in [0.25, 0.3) is 32.4 Å². The van der Waals surface area contributed by atoms with E-state index in [2.05, 4.69) is 35.0 Å². The van der Waals surface area contributed by atoms with Gasteiger partial charge in [-0.05, 0) is 48.7 Å². The van der Waals surface area contributed by atoms with Crippen LogP contribution in [0.4, 0.5) is 0 Å². The monoisotopic (exact) mass is 428 g/mol. The Morgan fingerprint density at radius 2 is 1.94 bits per heavy atom. The van der Waals surface area contributed by atoms with E-state index in [0.717, 1.165) is 58.9 Å². The van der Waals surface area contributed by atoms with E-state index < -0.39 is 0 Å². The molecule has 0 bridgehead atoms. The lowest BCUT2D eigenvalue weighted by Crippen LogP contribution is -2.38. The summed E-state index contributed by atoms with van der Waals surface area (Å²) >= 11 is 0. The van der Waals surface area contributed by atoms with E-state index in [1.54, 1.807) is 7.11 Å². The number of ether oxygens (including phenoxy) is 4. The maximum Gasteiger partial charge on any atom is 0.231 e. The zero-order valence-corrected chi connectivity index (χ0v) is 17.8. The Balaban J connectivity index is 1.49. The van der Waals surface area contributed by atoms with Crippen molar-refractivity contribution in [2.45, 2.75) is 25.8 Å². The lowest BCUT2D eigenvalue weighted by molar-refractivity contribution is -0.670. The van der Waals surface area contributed by atoms with E-state index in [0.29, 0.717) is 11.5 Å². The number of benzene rings is 3. The molecule has 3 aliphatic rings. The van der Waals surface area contributed by atoms with Gasteiger partial charge in [-0.15, -0.1) is 0 Å². The highest BCUT2D eigenvalue weighted by Gasteiger charge is 2.32. The highest BCUT2D eigenvalue weighted by Crippen LogP contribution is 2.46. The van der Waals surface area contributed by atoms with Crippen LogP contribution in [0, 0.1) is 5.92 Å². The van der Waals surface area contributed by atoms with Gasteiger partial charge in [0.25, 0.3) is 0 Å². The first-order chi connectivity index (χ1) is 15.7. The van der Waals surface area contributed by atoms with Crippen LogP contribution >= 0.6 is 0 Å². The molecule has 3 heterocycles. The predicted octanol–water partition coefficient (Wildman–Crippen LogP) is 4.09. The van der Waals surface area contributed by atoms with E-state index in [9.17, 15) is 4.79 Å². The average molecular weight is 428 g/mol. The normalized spacial score (nSPS) is 16.3. The smallest absolute Gasteiger partial charge is 0.231 e. The number of rotatable bonds is 5. The van der Waals surface area contributed by atoms with Gasteiger partial charge >= 0.3 is 0 Å². The van der Waals surface area contributed by atoms with Crippen molar-refractivity contribution >= 4 is 38.2 Å². The minimum atomic E-state index is 0.0868. The van der Waals surface area contributed by atoms with Crippen molar-refractivity contribution in [2.75, 3.05) is 20.5 Å². The third-order valence-electron chi connectivity index (χ3n) is 6.95. The van der Waals surface area contributed by atoms with Gasteiger partial charge in [-0.1, -0.05) is 0 Å². The first kappa shape index (κ1) is 18.1. The fourth-order valence-electron chi connectivity index (χ4n) is 5.21. The van der Waals surface area contributed by atoms with Crippen molar-refractivity contribution in [1.29, 1.82) is 0 Å². The van der Waals surface area contributed by atoms with Crippen LogP contribution in [0.5, 0.6) is 23.0 Å². The maximum atomic E-state index is 12.3. The van der Waals surface area contributed by atoms with Crippen LogP contribution in [-0.2, 0) is 17.8 Å². The number of carbonyl (C=O) groups is 1. The molecule has 7 rings (SSSR count). The highest BCUT2D eigenvalue weighted by molar-refractivity contribution is 6.17. The van der Waals surface area contributed by atoms with E-state index in [-0.39, 0.29) is 25.1 Å². The molecule has 1 aromatic heterocycles. The third-order valence-corrected chi connectivity index (χ3v) is 6.95. The summed E-state index contributed by atoms with van der Waals surface area (Å²) in [4.78, 5) is 12.3. The van der Waals surface area contributed by atoms with Gasteiger partial charge in [0.05, 0.1) is 23.3 Å². The van der Waals surface area contributed by atoms with E-state index in [4.69, 9.17) is 18.9 Å². The Morgan fingerprint density at radius 3 is 2.78 bits per heavy atom. The molecule has 1 fully saturated rings. The molecule has 0 amide bonds. The molecular weight excluding hydrogens is 406 g/mol. The summed E-state index contributed by atoms with van der Waals surface area (Å²) in [5, 5.41) is 5.51. The third kappa shape index (κ3) is 2.46. The van der Waals surface area contributed by atoms with Crippen molar-refractivity contribution < 1.29 is 28.3 Å². The maximum absolute atomic E-state index is 12.3. The molecular formula is C26H22NO5+. The molecule has 1 aliphatic carbocycles. The van der Waals surface area contributed by atoms with Crippen molar-refractivity contribution in [3.8, 4) is 23.0 Å². The molecule has 1 saturated carbocycles. The summed E-state index contributed by atoms with van der Waals surface area (Å²) in [6, 6.07) is 10.4. The van der Waals surface area contributed by atoms with Crippen molar-refractivity contribution in [2.24, 2.45) is 5.92 Å². The number of hydrogen-bond acceptors (Lipinski definition) is 5. The molecule has 0 unspecified atom stereocenters. The van der Waals surface area contributed by atoms with Gasteiger partial charge in [-0.2, -0.15) is 4.57 Å². The summed E-state index contributed by atoms with van der Waals surface area (Å²) in [5.74, 6) is 3.30. The number of hydrogen-bond donors (Lipinski definition) is 0. The second-order valence-electron chi connectivity index (χ2n) is 8.81. The summed E-state index contributed by atoms with van der Waals surface area (Å²) in [7, 11) is 1.64. The Hall–Kier alpha value is -3.54. The fourth-order valence-corrected chi connectivity index (χ4v) is 5.21. The Bertz CT molecular complexity index is 1470. The van der Waals surface area contributed by atoms with Gasteiger partial charge in [-0.25, -0.2) is 0 Å².